The maximum atomic E-state index is 14.3. The van der Waals surface area contributed by atoms with Crippen molar-refractivity contribution in [3.63, 3.8) is 0 Å². The fraction of sp³-hybridized carbons (Fsp3) is 0.585. The summed E-state index contributed by atoms with van der Waals surface area (Å²) in [5, 5.41) is 42.0. The number of aliphatic hydroxyl groups excluding tert-OH is 2. The van der Waals surface area contributed by atoms with E-state index < -0.39 is 102 Å². The fourth-order valence-electron chi connectivity index (χ4n) is 13.0. The maximum absolute atomic E-state index is 14.3. The molecule has 2 bridgehead atoms. The first-order chi connectivity index (χ1) is 40.1. The average molecular weight is 1190 g/mol. The molecular weight excluding hydrogens is 1110 g/mol. The smallest absolute Gasteiger partial charge is 0.316 e. The van der Waals surface area contributed by atoms with Gasteiger partial charge in [-0.3, -0.25) is 4.79 Å². The molecule has 1 aliphatic carbocycles. The van der Waals surface area contributed by atoms with Gasteiger partial charge < -0.3 is 62.7 Å². The Hall–Kier alpha value is -4.64. The molecular formula is C65H83ClF2N2O14. The number of aromatic nitrogens is 2. The molecule has 16 nitrogen and oxygen atoms in total. The molecule has 0 amide bonds. The second kappa shape index (κ2) is 27.2. The largest absolute Gasteiger partial charge is 0.462 e. The minimum absolute atomic E-state index is 0.0317. The molecule has 10 rings (SSSR count). The van der Waals surface area contributed by atoms with Gasteiger partial charge in [-0.1, -0.05) is 119 Å². The normalized spacial score (nSPS) is 39.1. The standard InChI is InChI=1S/C48H72O14.C17H11ClF2N2/c1-11-25(2)43-28(5)17-18-47(62-43)23-34-20-33(61-47)16-15-27(4)42(26(3)13-12-14-32-24-55-45-40(49)29(6)19-35(46(51)58-34)48(32,45)52)59-39-22-37(54-10)44(31(8)57-39)60-38-21-36(53-9)41(50)30(7)56-38;1-10-14(11-6-3-2-4-7-11)16(17(18)22-21-10)15-12(19)8-5-9-13(15)20/h12-15,17-19,25-26,28,30-31,33-45,49-50,52H,11,16,20-24H2,1-10H3;2-9H,1H3/b13-12+,27-15+,32-14+;/t25-,26-,28-,30-,31-,33+,34-,35-,36-,37-,38-,39-,40+,41-,42-,43+,44-,45+,47+,48+;/m0./s1. The van der Waals surface area contributed by atoms with Crippen LogP contribution in [0.2, 0.25) is 5.15 Å². The van der Waals surface area contributed by atoms with E-state index in [1.165, 1.54) is 18.2 Å². The number of aliphatic hydroxyl groups is 3. The van der Waals surface area contributed by atoms with Crippen LogP contribution < -0.4 is 0 Å². The lowest BCUT2D eigenvalue weighted by molar-refractivity contribution is -0.318. The van der Waals surface area contributed by atoms with E-state index in [2.05, 4.69) is 50.0 Å². The number of ether oxygens (including phenoxy) is 10. The summed E-state index contributed by atoms with van der Waals surface area (Å²) in [6.45, 7) is 17.8. The van der Waals surface area contributed by atoms with Gasteiger partial charge in [0.25, 0.3) is 0 Å². The van der Waals surface area contributed by atoms with Crippen molar-refractivity contribution in [1.82, 2.24) is 10.2 Å². The first kappa shape index (κ1) is 63.9. The van der Waals surface area contributed by atoms with Crippen molar-refractivity contribution in [2.24, 2.45) is 23.7 Å². The third kappa shape index (κ3) is 13.4. The highest BCUT2D eigenvalue weighted by Crippen LogP contribution is 2.48. The first-order valence-electron chi connectivity index (χ1n) is 29.5. The highest BCUT2D eigenvalue weighted by molar-refractivity contribution is 6.32. The third-order valence-corrected chi connectivity index (χ3v) is 18.1. The van der Waals surface area contributed by atoms with Crippen LogP contribution in [0.5, 0.6) is 0 Å². The van der Waals surface area contributed by atoms with Crippen LogP contribution in [0.15, 0.2) is 108 Å². The number of hydrogen-bond acceptors (Lipinski definition) is 16. The van der Waals surface area contributed by atoms with Gasteiger partial charge in [-0.05, 0) is 87.4 Å². The molecule has 20 atom stereocenters. The molecule has 0 unspecified atom stereocenters. The van der Waals surface area contributed by atoms with Crippen LogP contribution in [0.4, 0.5) is 8.78 Å². The summed E-state index contributed by atoms with van der Waals surface area (Å²) in [6, 6.07) is 12.9. The van der Waals surface area contributed by atoms with Crippen molar-refractivity contribution in [1.29, 1.82) is 0 Å². The van der Waals surface area contributed by atoms with E-state index in [-0.39, 0.29) is 59.0 Å². The van der Waals surface area contributed by atoms with Gasteiger partial charge in [0.15, 0.2) is 23.5 Å². The summed E-state index contributed by atoms with van der Waals surface area (Å²) in [5.41, 5.74) is 2.06. The Morgan fingerprint density at radius 2 is 1.50 bits per heavy atom. The van der Waals surface area contributed by atoms with Crippen LogP contribution in [-0.4, -0.2) is 150 Å². The van der Waals surface area contributed by atoms with E-state index in [0.717, 1.165) is 17.6 Å². The maximum Gasteiger partial charge on any atom is 0.316 e. The molecule has 1 aromatic heterocycles. The predicted molar refractivity (Wildman–Crippen MR) is 310 cm³/mol. The number of carbonyl (C=O) groups excluding carboxylic acids is 1. The Labute approximate surface area is 497 Å². The molecule has 84 heavy (non-hydrogen) atoms. The summed E-state index contributed by atoms with van der Waals surface area (Å²) in [4.78, 5) is 14.3. The first-order valence-corrected chi connectivity index (χ1v) is 29.9. The Morgan fingerprint density at radius 1 is 0.810 bits per heavy atom. The Kier molecular flexibility index (Phi) is 20.7. The highest BCUT2D eigenvalue weighted by Gasteiger charge is 2.60. The van der Waals surface area contributed by atoms with Crippen molar-refractivity contribution in [3.8, 4) is 22.3 Å². The number of nitrogens with zero attached hydrogens (tertiary/aromatic N) is 2. The third-order valence-electron chi connectivity index (χ3n) is 17.9. The zero-order valence-corrected chi connectivity index (χ0v) is 50.6. The van der Waals surface area contributed by atoms with E-state index in [9.17, 15) is 28.9 Å². The van der Waals surface area contributed by atoms with E-state index in [1.54, 1.807) is 47.1 Å². The zero-order chi connectivity index (χ0) is 60.4. The van der Waals surface area contributed by atoms with Crippen molar-refractivity contribution < 1.29 is 76.3 Å². The number of rotatable bonds is 10. The lowest BCUT2D eigenvalue weighted by Crippen LogP contribution is -2.58. The summed E-state index contributed by atoms with van der Waals surface area (Å²) in [7, 11) is 3.22. The van der Waals surface area contributed by atoms with Gasteiger partial charge >= 0.3 is 5.97 Å². The Morgan fingerprint density at radius 3 is 2.20 bits per heavy atom. The lowest BCUT2D eigenvalue weighted by atomic mass is 9.71. The van der Waals surface area contributed by atoms with Crippen molar-refractivity contribution in [2.75, 3.05) is 20.8 Å². The Bertz CT molecular complexity index is 2930. The molecule has 458 valence electrons. The van der Waals surface area contributed by atoms with Gasteiger partial charge in [0.05, 0.1) is 60.6 Å². The number of benzene rings is 2. The van der Waals surface area contributed by atoms with Crippen molar-refractivity contribution >= 4 is 17.6 Å². The van der Waals surface area contributed by atoms with Crippen LogP contribution in [0.3, 0.4) is 0 Å². The molecule has 3 N–H and O–H groups in total. The van der Waals surface area contributed by atoms with E-state index in [1.807, 2.05) is 62.4 Å². The van der Waals surface area contributed by atoms with Crippen LogP contribution in [0.25, 0.3) is 22.3 Å². The number of esters is 1. The van der Waals surface area contributed by atoms with E-state index in [4.69, 9.17) is 59.0 Å². The summed E-state index contributed by atoms with van der Waals surface area (Å²) in [6.07, 6.45) is 8.55. The summed E-state index contributed by atoms with van der Waals surface area (Å²) < 4.78 is 92.1. The minimum Gasteiger partial charge on any atom is -0.462 e. The van der Waals surface area contributed by atoms with E-state index >= 15 is 0 Å². The molecule has 7 aliphatic rings. The molecule has 3 aromatic rings. The molecule has 4 saturated heterocycles. The Balaban J connectivity index is 0.000000320. The van der Waals surface area contributed by atoms with Crippen LogP contribution in [-0.2, 0) is 52.2 Å². The van der Waals surface area contributed by atoms with Crippen molar-refractivity contribution in [2.45, 2.75) is 198 Å². The van der Waals surface area contributed by atoms with Gasteiger partial charge in [-0.15, -0.1) is 5.10 Å². The summed E-state index contributed by atoms with van der Waals surface area (Å²) in [5.74, 6) is -3.94. The zero-order valence-electron chi connectivity index (χ0n) is 49.9. The fourth-order valence-corrected chi connectivity index (χ4v) is 13.2. The van der Waals surface area contributed by atoms with Gasteiger partial charge in [0.2, 0.25) is 0 Å². The molecule has 0 radical (unpaired) electrons. The lowest BCUT2D eigenvalue weighted by Gasteiger charge is -2.48. The highest BCUT2D eigenvalue weighted by atomic mass is 35.5. The molecule has 2 aromatic carbocycles. The second-order valence-corrected chi connectivity index (χ2v) is 24.1. The molecule has 6 aliphatic heterocycles. The summed E-state index contributed by atoms with van der Waals surface area (Å²) >= 11 is 6.12. The average Bonchev–Trinajstić information content (AvgIpc) is 2.19. The van der Waals surface area contributed by atoms with Gasteiger partial charge in [0.1, 0.15) is 53.7 Å². The number of carbonyl (C=O) groups is 1. The molecule has 1 spiro atoms. The number of allylic oxidation sites excluding steroid dienone is 2. The number of methoxy groups -OCH3 is 2. The van der Waals surface area contributed by atoms with Crippen LogP contribution in [0, 0.1) is 42.2 Å². The van der Waals surface area contributed by atoms with Gasteiger partial charge in [0, 0.05) is 62.9 Å². The van der Waals surface area contributed by atoms with Gasteiger partial charge in [-0.25, -0.2) is 8.78 Å². The van der Waals surface area contributed by atoms with E-state index in [0.29, 0.717) is 54.5 Å². The molecule has 7 heterocycles. The molecule has 0 saturated carbocycles. The predicted octanol–water partition coefficient (Wildman–Crippen LogP) is 10.4. The quantitative estimate of drug-likeness (QED) is 0.128. The SMILES string of the molecule is CC[C@H](C)[C@H]1O[C@]2(C=C[C@@H]1C)C[C@@H]1C[C@@H](C/C=C(\C)[C@@H](O[C@H]3C[C@H](OC)[C@@H](O[C@H]4C[C@H](OC)[C@@H](O)[C@H](C)O4)[C@H](C)O3)[C@@H](C)/C=C/C=C3\CO[C@@H]4[C@H](O)C(C)=C[C@@H](C(=O)O1)[C@]34O)O2.Cc1nnc(Cl)c(-c2c(F)cccc2F)c1-c1ccccc1. The van der Waals surface area contributed by atoms with Crippen LogP contribution in [0.1, 0.15) is 99.6 Å². The number of aryl methyl sites for hydroxylation is 1. The molecule has 4 fully saturated rings. The second-order valence-electron chi connectivity index (χ2n) is 23.7. The number of fused-ring (bicyclic) bond motifs is 2. The van der Waals surface area contributed by atoms with Gasteiger partial charge in [-0.2, -0.15) is 5.10 Å². The number of halogens is 3. The minimum atomic E-state index is -1.84. The van der Waals surface area contributed by atoms with Crippen molar-refractivity contribution in [3.05, 3.63) is 130 Å². The number of hydrogen-bond donors (Lipinski definition) is 3. The van der Waals surface area contributed by atoms with Crippen LogP contribution >= 0.6 is 11.6 Å². The topological polar surface area (TPSA) is 196 Å². The molecule has 19 heteroatoms. The monoisotopic (exact) mass is 1190 g/mol.